The molecular weight excluding hydrogens is 260 g/mol. The number of methoxy groups -OCH3 is 1. The molecule has 20 heavy (non-hydrogen) atoms. The number of furan rings is 1. The molecule has 0 saturated heterocycles. The van der Waals surface area contributed by atoms with Crippen molar-refractivity contribution in [3.8, 4) is 11.1 Å². The van der Waals surface area contributed by atoms with Crippen molar-refractivity contribution >= 4 is 6.03 Å². The molecule has 0 aliphatic carbocycles. The Hall–Kier alpha value is -2.28. The molecule has 7 nitrogen and oxygen atoms in total. The molecule has 0 aliphatic rings. The molecule has 108 valence electrons. The Morgan fingerprint density at radius 3 is 3.00 bits per heavy atom. The van der Waals surface area contributed by atoms with Crippen molar-refractivity contribution in [2.24, 2.45) is 0 Å². The average molecular weight is 278 g/mol. The quantitative estimate of drug-likeness (QED) is 0.743. The second kappa shape index (κ2) is 7.34. The summed E-state index contributed by atoms with van der Waals surface area (Å²) in [6.07, 6.45) is 6.97. The van der Waals surface area contributed by atoms with E-state index in [-0.39, 0.29) is 6.03 Å². The Labute approximate surface area is 116 Å². The Kier molecular flexibility index (Phi) is 5.19. The number of carbonyl (C=O) groups excluding carboxylic acids is 1. The van der Waals surface area contributed by atoms with Crippen molar-refractivity contribution in [1.29, 1.82) is 0 Å². The van der Waals surface area contributed by atoms with Gasteiger partial charge in [-0.05, 0) is 6.07 Å². The van der Waals surface area contributed by atoms with E-state index in [0.717, 1.165) is 11.1 Å². The highest BCUT2D eigenvalue weighted by molar-refractivity contribution is 5.73. The molecule has 0 spiro atoms. The van der Waals surface area contributed by atoms with Gasteiger partial charge in [0, 0.05) is 37.5 Å². The molecule has 0 atom stereocenters. The van der Waals surface area contributed by atoms with Crippen molar-refractivity contribution in [1.82, 2.24) is 20.4 Å². The zero-order valence-electron chi connectivity index (χ0n) is 11.3. The van der Waals surface area contributed by atoms with E-state index in [1.807, 2.05) is 12.3 Å². The van der Waals surface area contributed by atoms with Crippen molar-refractivity contribution in [2.75, 3.05) is 26.8 Å². The molecule has 2 aromatic heterocycles. The first-order valence-electron chi connectivity index (χ1n) is 6.35. The average Bonchev–Trinajstić information content (AvgIpc) is 3.09. The van der Waals surface area contributed by atoms with Crippen LogP contribution in [0.2, 0.25) is 0 Å². The Bertz CT molecular complexity index is 521. The standard InChI is InChI=1S/C13H18N4O3/c1-19-7-4-15-13(18)14-3-5-17-9-12(8-16-17)11-2-6-20-10-11/h2,6,8-10H,3-5,7H2,1H3,(H2,14,15,18). The summed E-state index contributed by atoms with van der Waals surface area (Å²) in [5, 5.41) is 9.66. The molecule has 7 heteroatoms. The van der Waals surface area contributed by atoms with Crippen LogP contribution in [-0.2, 0) is 11.3 Å². The van der Waals surface area contributed by atoms with Gasteiger partial charge in [-0.25, -0.2) is 4.79 Å². The maximum Gasteiger partial charge on any atom is 0.314 e. The molecule has 0 saturated carbocycles. The predicted molar refractivity (Wildman–Crippen MR) is 73.2 cm³/mol. The van der Waals surface area contributed by atoms with Gasteiger partial charge in [0.2, 0.25) is 0 Å². The lowest BCUT2D eigenvalue weighted by atomic mass is 10.2. The van der Waals surface area contributed by atoms with Crippen molar-refractivity contribution < 1.29 is 13.9 Å². The summed E-state index contributed by atoms with van der Waals surface area (Å²) in [6, 6.07) is 1.67. The molecule has 0 bridgehead atoms. The molecule has 2 aromatic rings. The first-order chi connectivity index (χ1) is 9.79. The first-order valence-corrected chi connectivity index (χ1v) is 6.35. The summed E-state index contributed by atoms with van der Waals surface area (Å²) in [5.74, 6) is 0. The Morgan fingerprint density at radius 2 is 2.25 bits per heavy atom. The third-order valence-electron chi connectivity index (χ3n) is 2.71. The Balaban J connectivity index is 1.71. The minimum absolute atomic E-state index is 0.204. The number of urea groups is 1. The van der Waals surface area contributed by atoms with Crippen molar-refractivity contribution in [3.05, 3.63) is 31.0 Å². The number of hydrogen-bond acceptors (Lipinski definition) is 4. The minimum atomic E-state index is -0.204. The zero-order valence-corrected chi connectivity index (χ0v) is 11.3. The summed E-state index contributed by atoms with van der Waals surface area (Å²) < 4.78 is 11.6. The van der Waals surface area contributed by atoms with Gasteiger partial charge >= 0.3 is 6.03 Å². The summed E-state index contributed by atoms with van der Waals surface area (Å²) in [6.45, 7) is 2.11. The number of carbonyl (C=O) groups is 1. The van der Waals surface area contributed by atoms with Crippen LogP contribution in [0.4, 0.5) is 4.79 Å². The second-order valence-electron chi connectivity index (χ2n) is 4.18. The van der Waals surface area contributed by atoms with Gasteiger partial charge in [-0.15, -0.1) is 0 Å². The van der Waals surface area contributed by atoms with Crippen LogP contribution in [0.3, 0.4) is 0 Å². The van der Waals surface area contributed by atoms with Gasteiger partial charge in [0.05, 0.1) is 31.9 Å². The minimum Gasteiger partial charge on any atom is -0.472 e. The van der Waals surface area contributed by atoms with Gasteiger partial charge in [0.15, 0.2) is 0 Å². The lowest BCUT2D eigenvalue weighted by molar-refractivity contribution is 0.196. The summed E-state index contributed by atoms with van der Waals surface area (Å²) in [7, 11) is 1.59. The molecule has 0 radical (unpaired) electrons. The van der Waals surface area contributed by atoms with Crippen LogP contribution in [0.15, 0.2) is 35.4 Å². The molecule has 0 aliphatic heterocycles. The monoisotopic (exact) mass is 278 g/mol. The van der Waals surface area contributed by atoms with Crippen molar-refractivity contribution in [3.63, 3.8) is 0 Å². The van der Waals surface area contributed by atoms with Crippen LogP contribution in [0.25, 0.3) is 11.1 Å². The predicted octanol–water partition coefficient (Wildman–Crippen LogP) is 1.09. The number of nitrogens with zero attached hydrogens (tertiary/aromatic N) is 2. The maximum atomic E-state index is 11.4. The molecule has 2 heterocycles. The topological polar surface area (TPSA) is 81.3 Å². The smallest absolute Gasteiger partial charge is 0.314 e. The molecule has 0 fully saturated rings. The first kappa shape index (κ1) is 14.1. The molecular formula is C13H18N4O3. The van der Waals surface area contributed by atoms with Gasteiger partial charge < -0.3 is 19.8 Å². The zero-order chi connectivity index (χ0) is 14.2. The van der Waals surface area contributed by atoms with Gasteiger partial charge in [-0.2, -0.15) is 5.10 Å². The van der Waals surface area contributed by atoms with Gasteiger partial charge in [-0.3, -0.25) is 4.68 Å². The van der Waals surface area contributed by atoms with E-state index in [1.54, 1.807) is 30.5 Å². The highest BCUT2D eigenvalue weighted by Gasteiger charge is 2.03. The van der Waals surface area contributed by atoms with Crippen LogP contribution in [0.1, 0.15) is 0 Å². The van der Waals surface area contributed by atoms with Crippen LogP contribution in [-0.4, -0.2) is 42.6 Å². The number of nitrogens with one attached hydrogen (secondary N) is 2. The lowest BCUT2D eigenvalue weighted by Gasteiger charge is -2.07. The number of rotatable bonds is 7. The SMILES string of the molecule is COCCNC(=O)NCCn1cc(-c2ccoc2)cn1. The summed E-state index contributed by atoms with van der Waals surface area (Å²) >= 11 is 0. The number of hydrogen-bond donors (Lipinski definition) is 2. The fraction of sp³-hybridized carbons (Fsp3) is 0.385. The van der Waals surface area contributed by atoms with Crippen LogP contribution >= 0.6 is 0 Å². The maximum absolute atomic E-state index is 11.4. The largest absolute Gasteiger partial charge is 0.472 e. The van der Waals surface area contributed by atoms with Crippen LogP contribution in [0, 0.1) is 0 Å². The van der Waals surface area contributed by atoms with E-state index < -0.39 is 0 Å². The molecule has 0 aromatic carbocycles. The van der Waals surface area contributed by atoms with E-state index in [4.69, 9.17) is 9.15 Å². The summed E-state index contributed by atoms with van der Waals surface area (Å²) in [5.41, 5.74) is 1.98. The van der Waals surface area contributed by atoms with Gasteiger partial charge in [-0.1, -0.05) is 0 Å². The highest BCUT2D eigenvalue weighted by atomic mass is 16.5. The van der Waals surface area contributed by atoms with Gasteiger partial charge in [0.1, 0.15) is 0 Å². The fourth-order valence-corrected chi connectivity index (χ4v) is 1.68. The normalized spacial score (nSPS) is 10.4. The number of ether oxygens (including phenoxy) is 1. The van der Waals surface area contributed by atoms with Gasteiger partial charge in [0.25, 0.3) is 0 Å². The van der Waals surface area contributed by atoms with E-state index in [1.165, 1.54) is 0 Å². The van der Waals surface area contributed by atoms with Crippen LogP contribution < -0.4 is 10.6 Å². The van der Waals surface area contributed by atoms with Crippen molar-refractivity contribution in [2.45, 2.75) is 6.54 Å². The molecule has 2 amide bonds. The van der Waals surface area contributed by atoms with Crippen LogP contribution in [0.5, 0.6) is 0 Å². The Morgan fingerprint density at radius 1 is 1.40 bits per heavy atom. The van der Waals surface area contributed by atoms with E-state index in [2.05, 4.69) is 15.7 Å². The molecule has 2 rings (SSSR count). The third kappa shape index (κ3) is 4.13. The lowest BCUT2D eigenvalue weighted by Crippen LogP contribution is -2.38. The third-order valence-corrected chi connectivity index (χ3v) is 2.71. The van der Waals surface area contributed by atoms with E-state index in [0.29, 0.717) is 26.2 Å². The fourth-order valence-electron chi connectivity index (χ4n) is 1.68. The summed E-state index contributed by atoms with van der Waals surface area (Å²) in [4.78, 5) is 11.4. The van der Waals surface area contributed by atoms with E-state index >= 15 is 0 Å². The number of aromatic nitrogens is 2. The molecule has 2 N–H and O–H groups in total. The molecule has 0 unspecified atom stereocenters. The number of amides is 2. The highest BCUT2D eigenvalue weighted by Crippen LogP contribution is 2.18. The van der Waals surface area contributed by atoms with E-state index in [9.17, 15) is 4.79 Å². The second-order valence-corrected chi connectivity index (χ2v) is 4.18.